The summed E-state index contributed by atoms with van der Waals surface area (Å²) in [5, 5.41) is 0. The largest absolute Gasteiger partial charge is 0.299 e. The van der Waals surface area contributed by atoms with Crippen molar-refractivity contribution >= 4 is 5.78 Å². The topological polar surface area (TPSA) is 17.1 Å². The fourth-order valence-corrected chi connectivity index (χ4v) is 2.31. The fourth-order valence-electron chi connectivity index (χ4n) is 2.31. The molecule has 1 heteroatoms. The Morgan fingerprint density at radius 2 is 2.14 bits per heavy atom. The van der Waals surface area contributed by atoms with Crippen LogP contribution in [0.3, 0.4) is 0 Å². The van der Waals surface area contributed by atoms with Crippen molar-refractivity contribution in [1.29, 1.82) is 0 Å². The van der Waals surface area contributed by atoms with Gasteiger partial charge in [-0.3, -0.25) is 4.79 Å². The molecule has 0 unspecified atom stereocenters. The van der Waals surface area contributed by atoms with E-state index < -0.39 is 0 Å². The molecule has 1 nitrogen and oxygen atoms in total. The number of hydrogen-bond acceptors (Lipinski definition) is 1. The van der Waals surface area contributed by atoms with Gasteiger partial charge in [-0.2, -0.15) is 0 Å². The van der Waals surface area contributed by atoms with Gasteiger partial charge in [0, 0.05) is 6.42 Å². The molecule has 1 fully saturated rings. The van der Waals surface area contributed by atoms with E-state index in [-0.39, 0.29) is 5.41 Å². The van der Waals surface area contributed by atoms with Gasteiger partial charge in [-0.15, -0.1) is 0 Å². The maximum Gasteiger partial charge on any atom is 0.143 e. The molecule has 0 saturated heterocycles. The first-order valence-corrected chi connectivity index (χ1v) is 5.23. The minimum Gasteiger partial charge on any atom is -0.299 e. The average molecular weight is 188 g/mol. The Kier molecular flexibility index (Phi) is 2.18. The highest BCUT2D eigenvalue weighted by molar-refractivity contribution is 5.91. The molecule has 0 spiro atoms. The van der Waals surface area contributed by atoms with Crippen LogP contribution in [0.4, 0.5) is 0 Å². The molecule has 2 rings (SSSR count). The molecule has 74 valence electrons. The molecular formula is C13H16O. The van der Waals surface area contributed by atoms with Gasteiger partial charge in [-0.05, 0) is 32.3 Å². The quantitative estimate of drug-likeness (QED) is 0.662. The van der Waals surface area contributed by atoms with Gasteiger partial charge < -0.3 is 0 Å². The Balaban J connectivity index is 2.43. The van der Waals surface area contributed by atoms with Crippen molar-refractivity contribution < 1.29 is 4.79 Å². The maximum absolute atomic E-state index is 11.8. The van der Waals surface area contributed by atoms with Gasteiger partial charge in [0.25, 0.3) is 0 Å². The Labute approximate surface area is 85.1 Å². The van der Waals surface area contributed by atoms with Crippen LogP contribution >= 0.6 is 0 Å². The van der Waals surface area contributed by atoms with Crippen molar-refractivity contribution in [2.75, 3.05) is 0 Å². The normalized spacial score (nSPS) is 26.9. The second-order valence-electron chi connectivity index (χ2n) is 4.48. The summed E-state index contributed by atoms with van der Waals surface area (Å²) in [6.45, 7) is 4.16. The van der Waals surface area contributed by atoms with E-state index >= 15 is 0 Å². The molecular weight excluding hydrogens is 172 g/mol. The van der Waals surface area contributed by atoms with Gasteiger partial charge in [-0.25, -0.2) is 0 Å². The highest BCUT2D eigenvalue weighted by Crippen LogP contribution is 2.37. The lowest BCUT2D eigenvalue weighted by molar-refractivity contribution is -0.121. The zero-order valence-corrected chi connectivity index (χ0v) is 8.84. The van der Waals surface area contributed by atoms with E-state index in [1.807, 2.05) is 6.07 Å². The number of carbonyl (C=O) groups excluding carboxylic acids is 1. The number of aryl methyl sites for hydroxylation is 1. The van der Waals surface area contributed by atoms with Crippen LogP contribution in [-0.4, -0.2) is 5.78 Å². The molecule has 0 radical (unpaired) electrons. The Bertz CT molecular complexity index is 367. The third-order valence-corrected chi connectivity index (χ3v) is 3.35. The molecule has 1 aliphatic rings. The first-order chi connectivity index (χ1) is 6.63. The lowest BCUT2D eigenvalue weighted by atomic mass is 9.80. The predicted molar refractivity (Wildman–Crippen MR) is 57.4 cm³/mol. The van der Waals surface area contributed by atoms with Crippen molar-refractivity contribution in [3.63, 3.8) is 0 Å². The number of hydrogen-bond donors (Lipinski definition) is 0. The molecule has 1 aliphatic carbocycles. The molecule has 0 aliphatic heterocycles. The molecule has 1 saturated carbocycles. The minimum atomic E-state index is -0.202. The van der Waals surface area contributed by atoms with Gasteiger partial charge in [0.15, 0.2) is 0 Å². The summed E-state index contributed by atoms with van der Waals surface area (Å²) in [6, 6.07) is 8.34. The van der Waals surface area contributed by atoms with Crippen molar-refractivity contribution in [2.24, 2.45) is 0 Å². The standard InChI is InChI=1S/C13H16O/c1-10-5-3-6-11(9-10)13(2)8-4-7-12(13)14/h3,5-6,9H,4,7-8H2,1-2H3/t13-/m0/s1. The first-order valence-electron chi connectivity index (χ1n) is 5.23. The lowest BCUT2D eigenvalue weighted by Gasteiger charge is -2.22. The molecule has 0 amide bonds. The summed E-state index contributed by atoms with van der Waals surface area (Å²) in [5.41, 5.74) is 2.23. The number of Topliss-reactive ketones (excluding diaryl/α,β-unsaturated/α-hetero) is 1. The number of rotatable bonds is 1. The smallest absolute Gasteiger partial charge is 0.143 e. The van der Waals surface area contributed by atoms with Crippen LogP contribution in [0.1, 0.15) is 37.3 Å². The van der Waals surface area contributed by atoms with E-state index in [9.17, 15) is 4.79 Å². The summed E-state index contributed by atoms with van der Waals surface area (Å²) in [5.74, 6) is 0.406. The molecule has 0 bridgehead atoms. The molecule has 0 N–H and O–H groups in total. The molecule has 1 aromatic carbocycles. The third kappa shape index (κ3) is 1.37. The van der Waals surface area contributed by atoms with Gasteiger partial charge in [-0.1, -0.05) is 29.8 Å². The number of carbonyl (C=O) groups is 1. The highest BCUT2D eigenvalue weighted by Gasteiger charge is 2.38. The Hall–Kier alpha value is -1.11. The van der Waals surface area contributed by atoms with Crippen LogP contribution in [0.2, 0.25) is 0 Å². The van der Waals surface area contributed by atoms with Crippen LogP contribution in [0, 0.1) is 6.92 Å². The first kappa shape index (κ1) is 9.45. The summed E-state index contributed by atoms with van der Waals surface area (Å²) in [4.78, 5) is 11.8. The number of ketones is 1. The molecule has 0 aromatic heterocycles. The molecule has 1 aromatic rings. The zero-order chi connectivity index (χ0) is 10.2. The summed E-state index contributed by atoms with van der Waals surface area (Å²) in [7, 11) is 0. The van der Waals surface area contributed by atoms with E-state index in [1.54, 1.807) is 0 Å². The monoisotopic (exact) mass is 188 g/mol. The van der Waals surface area contributed by atoms with Crippen LogP contribution in [0.25, 0.3) is 0 Å². The van der Waals surface area contributed by atoms with Gasteiger partial charge in [0.05, 0.1) is 5.41 Å². The van der Waals surface area contributed by atoms with Crippen LogP contribution in [0.15, 0.2) is 24.3 Å². The summed E-state index contributed by atoms with van der Waals surface area (Å²) in [6.07, 6.45) is 2.81. The second kappa shape index (κ2) is 3.23. The molecule has 0 heterocycles. The van der Waals surface area contributed by atoms with E-state index in [0.717, 1.165) is 19.3 Å². The highest BCUT2D eigenvalue weighted by atomic mass is 16.1. The van der Waals surface area contributed by atoms with Crippen molar-refractivity contribution in [1.82, 2.24) is 0 Å². The van der Waals surface area contributed by atoms with Crippen LogP contribution in [-0.2, 0) is 10.2 Å². The summed E-state index contributed by atoms with van der Waals surface area (Å²) < 4.78 is 0. The SMILES string of the molecule is Cc1cccc([C@]2(C)CCCC2=O)c1. The predicted octanol–water partition coefficient (Wildman–Crippen LogP) is 3.01. The van der Waals surface area contributed by atoms with Crippen LogP contribution < -0.4 is 0 Å². The summed E-state index contributed by atoms with van der Waals surface area (Å²) >= 11 is 0. The van der Waals surface area contributed by atoms with Gasteiger partial charge >= 0.3 is 0 Å². The Morgan fingerprint density at radius 1 is 1.36 bits per heavy atom. The second-order valence-corrected chi connectivity index (χ2v) is 4.48. The minimum absolute atomic E-state index is 0.202. The number of benzene rings is 1. The fraction of sp³-hybridized carbons (Fsp3) is 0.462. The van der Waals surface area contributed by atoms with E-state index in [0.29, 0.717) is 5.78 Å². The Morgan fingerprint density at radius 3 is 2.71 bits per heavy atom. The van der Waals surface area contributed by atoms with E-state index in [1.165, 1.54) is 11.1 Å². The van der Waals surface area contributed by atoms with Crippen molar-refractivity contribution in [2.45, 2.75) is 38.5 Å². The zero-order valence-electron chi connectivity index (χ0n) is 8.84. The third-order valence-electron chi connectivity index (χ3n) is 3.35. The maximum atomic E-state index is 11.8. The van der Waals surface area contributed by atoms with E-state index in [2.05, 4.69) is 32.0 Å². The van der Waals surface area contributed by atoms with Crippen molar-refractivity contribution in [3.05, 3.63) is 35.4 Å². The van der Waals surface area contributed by atoms with Gasteiger partial charge in [0.1, 0.15) is 5.78 Å². The van der Waals surface area contributed by atoms with E-state index in [4.69, 9.17) is 0 Å². The van der Waals surface area contributed by atoms with Gasteiger partial charge in [0.2, 0.25) is 0 Å². The van der Waals surface area contributed by atoms with Crippen LogP contribution in [0.5, 0.6) is 0 Å². The lowest BCUT2D eigenvalue weighted by Crippen LogP contribution is -2.26. The van der Waals surface area contributed by atoms with Crippen molar-refractivity contribution in [3.8, 4) is 0 Å². The molecule has 14 heavy (non-hydrogen) atoms. The molecule has 1 atom stereocenters. The average Bonchev–Trinajstić information content (AvgIpc) is 2.49.